The molecule has 0 spiro atoms. The van der Waals surface area contributed by atoms with Crippen molar-refractivity contribution >= 4 is 6.03 Å². The van der Waals surface area contributed by atoms with E-state index in [-0.39, 0.29) is 6.03 Å². The molecule has 1 aromatic carbocycles. The highest BCUT2D eigenvalue weighted by Gasteiger charge is 2.23. The standard InChI is InChI=1S/C22H32N4O2/c1-4-8-26(17-20-7-5-6-19(14-20)15-23)22(27)24-16-21(13-18(2)3)25-9-11-28-12-10-25/h4-7,14,18,21H,1,8-13,16-17H2,2-3H3,(H,24,27). The van der Waals surface area contributed by atoms with E-state index in [1.807, 2.05) is 18.2 Å². The lowest BCUT2D eigenvalue weighted by Crippen LogP contribution is -2.51. The van der Waals surface area contributed by atoms with E-state index in [4.69, 9.17) is 10.00 Å². The maximum Gasteiger partial charge on any atom is 0.318 e. The van der Waals surface area contributed by atoms with Gasteiger partial charge >= 0.3 is 6.03 Å². The summed E-state index contributed by atoms with van der Waals surface area (Å²) in [5.41, 5.74) is 1.53. The van der Waals surface area contributed by atoms with Gasteiger partial charge in [-0.15, -0.1) is 6.58 Å². The van der Waals surface area contributed by atoms with Crippen LogP contribution in [0.25, 0.3) is 0 Å². The Morgan fingerprint density at radius 1 is 1.43 bits per heavy atom. The van der Waals surface area contributed by atoms with Crippen LogP contribution in [0.5, 0.6) is 0 Å². The topological polar surface area (TPSA) is 68.6 Å². The molecule has 1 aliphatic heterocycles. The Morgan fingerprint density at radius 2 is 2.18 bits per heavy atom. The molecule has 1 aliphatic rings. The number of ether oxygens (including phenoxy) is 1. The minimum Gasteiger partial charge on any atom is -0.379 e. The predicted molar refractivity (Wildman–Crippen MR) is 111 cm³/mol. The first kappa shape index (κ1) is 21.9. The van der Waals surface area contributed by atoms with E-state index in [9.17, 15) is 4.79 Å². The van der Waals surface area contributed by atoms with Crippen molar-refractivity contribution in [3.05, 3.63) is 48.0 Å². The zero-order valence-corrected chi connectivity index (χ0v) is 17.1. The summed E-state index contributed by atoms with van der Waals surface area (Å²) in [6.07, 6.45) is 2.76. The molecule has 1 atom stereocenters. The first-order valence-corrected chi connectivity index (χ1v) is 9.98. The van der Waals surface area contributed by atoms with Crippen molar-refractivity contribution in [1.29, 1.82) is 5.26 Å². The van der Waals surface area contributed by atoms with Crippen LogP contribution in [0.4, 0.5) is 4.79 Å². The quantitative estimate of drug-likeness (QED) is 0.665. The third-order valence-corrected chi connectivity index (χ3v) is 4.86. The van der Waals surface area contributed by atoms with Gasteiger partial charge in [-0.2, -0.15) is 5.26 Å². The molecule has 6 heteroatoms. The molecule has 28 heavy (non-hydrogen) atoms. The van der Waals surface area contributed by atoms with Crippen LogP contribution in [-0.4, -0.2) is 61.3 Å². The van der Waals surface area contributed by atoms with Crippen molar-refractivity contribution < 1.29 is 9.53 Å². The summed E-state index contributed by atoms with van der Waals surface area (Å²) in [5.74, 6) is 0.558. The fourth-order valence-corrected chi connectivity index (χ4v) is 3.50. The zero-order chi connectivity index (χ0) is 20.4. The lowest BCUT2D eigenvalue weighted by molar-refractivity contribution is 0.0127. The van der Waals surface area contributed by atoms with Gasteiger partial charge in [0.2, 0.25) is 0 Å². The van der Waals surface area contributed by atoms with Gasteiger partial charge in [0.15, 0.2) is 0 Å². The average Bonchev–Trinajstić information content (AvgIpc) is 2.71. The number of urea groups is 1. The minimum atomic E-state index is -0.107. The number of hydrogen-bond donors (Lipinski definition) is 1. The summed E-state index contributed by atoms with van der Waals surface area (Å²) in [5, 5.41) is 12.2. The highest BCUT2D eigenvalue weighted by Crippen LogP contribution is 2.14. The number of amides is 2. The Bertz CT molecular complexity index is 677. The van der Waals surface area contributed by atoms with Crippen LogP contribution in [0.2, 0.25) is 0 Å². The molecule has 1 fully saturated rings. The van der Waals surface area contributed by atoms with Crippen LogP contribution in [0.1, 0.15) is 31.4 Å². The molecule has 1 aromatic rings. The smallest absolute Gasteiger partial charge is 0.318 e. The van der Waals surface area contributed by atoms with Gasteiger partial charge in [0.25, 0.3) is 0 Å². The van der Waals surface area contributed by atoms with Crippen LogP contribution in [0, 0.1) is 17.2 Å². The van der Waals surface area contributed by atoms with Gasteiger partial charge in [-0.25, -0.2) is 4.79 Å². The van der Waals surface area contributed by atoms with Crippen molar-refractivity contribution in [3.8, 4) is 6.07 Å². The van der Waals surface area contributed by atoms with Gasteiger partial charge in [-0.05, 0) is 30.0 Å². The van der Waals surface area contributed by atoms with Crippen molar-refractivity contribution in [2.45, 2.75) is 32.9 Å². The predicted octanol–water partition coefficient (Wildman–Crippen LogP) is 3.00. The molecule has 2 amide bonds. The number of carbonyl (C=O) groups excluding carboxylic acids is 1. The summed E-state index contributed by atoms with van der Waals surface area (Å²) in [4.78, 5) is 17.0. The second-order valence-corrected chi connectivity index (χ2v) is 7.60. The molecule has 6 nitrogen and oxygen atoms in total. The SMILES string of the molecule is C=CCN(Cc1cccc(C#N)c1)C(=O)NCC(CC(C)C)N1CCOCC1. The van der Waals surface area contributed by atoms with Crippen LogP contribution >= 0.6 is 0 Å². The lowest BCUT2D eigenvalue weighted by Gasteiger charge is -2.36. The van der Waals surface area contributed by atoms with E-state index in [1.165, 1.54) is 0 Å². The third-order valence-electron chi connectivity index (χ3n) is 4.86. The fraction of sp³-hybridized carbons (Fsp3) is 0.545. The van der Waals surface area contributed by atoms with Gasteiger partial charge in [0.1, 0.15) is 0 Å². The average molecular weight is 385 g/mol. The number of carbonyl (C=O) groups is 1. The number of hydrogen-bond acceptors (Lipinski definition) is 4. The van der Waals surface area contributed by atoms with Gasteiger partial charge in [0.05, 0.1) is 24.8 Å². The van der Waals surface area contributed by atoms with Crippen molar-refractivity contribution in [2.75, 3.05) is 39.4 Å². The Labute approximate surface area is 168 Å². The summed E-state index contributed by atoms with van der Waals surface area (Å²) in [6.45, 7) is 13.0. The monoisotopic (exact) mass is 384 g/mol. The maximum atomic E-state index is 12.8. The van der Waals surface area contributed by atoms with Gasteiger partial charge in [-0.1, -0.05) is 32.1 Å². The van der Waals surface area contributed by atoms with Crippen LogP contribution in [-0.2, 0) is 11.3 Å². The molecular weight excluding hydrogens is 352 g/mol. The third kappa shape index (κ3) is 6.99. The second-order valence-electron chi connectivity index (χ2n) is 7.60. The van der Waals surface area contributed by atoms with E-state index in [0.717, 1.165) is 38.3 Å². The number of morpholine rings is 1. The van der Waals surface area contributed by atoms with Gasteiger partial charge < -0.3 is 15.0 Å². The molecular formula is C22H32N4O2. The number of nitrogens with one attached hydrogen (secondary N) is 1. The van der Waals surface area contributed by atoms with Crippen molar-refractivity contribution in [3.63, 3.8) is 0 Å². The molecule has 1 N–H and O–H groups in total. The van der Waals surface area contributed by atoms with E-state index < -0.39 is 0 Å². The molecule has 152 valence electrons. The minimum absolute atomic E-state index is 0.107. The van der Waals surface area contributed by atoms with Crippen molar-refractivity contribution in [2.24, 2.45) is 5.92 Å². The van der Waals surface area contributed by atoms with E-state index in [2.05, 4.69) is 36.7 Å². The summed E-state index contributed by atoms with van der Waals surface area (Å²) in [7, 11) is 0. The molecule has 0 saturated carbocycles. The van der Waals surface area contributed by atoms with Gasteiger partial charge in [0, 0.05) is 38.8 Å². The van der Waals surface area contributed by atoms with Crippen LogP contribution in [0.3, 0.4) is 0 Å². The van der Waals surface area contributed by atoms with E-state index in [0.29, 0.717) is 37.2 Å². The Balaban J connectivity index is 1.98. The largest absolute Gasteiger partial charge is 0.379 e. The normalized spacial score (nSPS) is 15.6. The molecule has 0 radical (unpaired) electrons. The number of nitrogens with zero attached hydrogens (tertiary/aromatic N) is 3. The summed E-state index contributed by atoms with van der Waals surface area (Å²) < 4.78 is 5.46. The molecule has 2 rings (SSSR count). The molecule has 0 bridgehead atoms. The highest BCUT2D eigenvalue weighted by molar-refractivity contribution is 5.74. The van der Waals surface area contributed by atoms with E-state index >= 15 is 0 Å². The van der Waals surface area contributed by atoms with Gasteiger partial charge in [-0.3, -0.25) is 4.90 Å². The maximum absolute atomic E-state index is 12.8. The Morgan fingerprint density at radius 3 is 2.82 bits per heavy atom. The molecule has 1 unspecified atom stereocenters. The molecule has 0 aromatic heterocycles. The van der Waals surface area contributed by atoms with Crippen LogP contribution in [0.15, 0.2) is 36.9 Å². The molecule has 1 heterocycles. The van der Waals surface area contributed by atoms with Crippen molar-refractivity contribution in [1.82, 2.24) is 15.1 Å². The number of nitriles is 1. The summed E-state index contributed by atoms with van der Waals surface area (Å²) in [6, 6.07) is 9.69. The number of benzene rings is 1. The Kier molecular flexibility index (Phi) is 8.99. The molecule has 0 aliphatic carbocycles. The zero-order valence-electron chi connectivity index (χ0n) is 17.1. The fourth-order valence-electron chi connectivity index (χ4n) is 3.50. The summed E-state index contributed by atoms with van der Waals surface area (Å²) >= 11 is 0. The first-order chi connectivity index (χ1) is 13.5. The lowest BCUT2D eigenvalue weighted by atomic mass is 10.0. The second kappa shape index (κ2) is 11.5. The molecule has 1 saturated heterocycles. The van der Waals surface area contributed by atoms with E-state index in [1.54, 1.807) is 17.0 Å². The Hall–Kier alpha value is -2.36. The highest BCUT2D eigenvalue weighted by atomic mass is 16.5. The number of rotatable bonds is 9. The first-order valence-electron chi connectivity index (χ1n) is 9.98. The van der Waals surface area contributed by atoms with Crippen LogP contribution < -0.4 is 5.32 Å².